The van der Waals surface area contributed by atoms with E-state index in [1.165, 1.54) is 12.1 Å². The van der Waals surface area contributed by atoms with Gasteiger partial charge in [-0.2, -0.15) is 0 Å². The average Bonchev–Trinajstić information content (AvgIpc) is 2.52. The summed E-state index contributed by atoms with van der Waals surface area (Å²) < 4.78 is 43.8. The van der Waals surface area contributed by atoms with E-state index in [4.69, 9.17) is 4.74 Å². The first kappa shape index (κ1) is 18.4. The number of nitrogens with zero attached hydrogens (tertiary/aromatic N) is 1. The molecular weight excluding hydrogens is 337 g/mol. The molecule has 0 aromatic heterocycles. The Morgan fingerprint density at radius 3 is 2.46 bits per heavy atom. The van der Waals surface area contributed by atoms with Gasteiger partial charge in [-0.25, -0.2) is 17.6 Å². The summed E-state index contributed by atoms with van der Waals surface area (Å²) >= 11 is 0. The number of Topliss-reactive ketones (excluding diaryl/α,β-unsaturated/α-hetero) is 1. The van der Waals surface area contributed by atoms with Crippen LogP contribution in [0.15, 0.2) is 18.2 Å². The fraction of sp³-hybridized carbons (Fsp3) is 0.500. The topological polar surface area (TPSA) is 80.8 Å². The molecule has 0 amide bonds. The molecule has 1 aliphatic rings. The quantitative estimate of drug-likeness (QED) is 0.646. The molecule has 1 fully saturated rings. The minimum atomic E-state index is -3.11. The highest BCUT2D eigenvalue weighted by molar-refractivity contribution is 7.74. The molecule has 1 aromatic carbocycles. The van der Waals surface area contributed by atoms with Crippen molar-refractivity contribution in [1.29, 1.82) is 0 Å². The van der Waals surface area contributed by atoms with Gasteiger partial charge in [0.05, 0.1) is 23.4 Å². The first-order valence-corrected chi connectivity index (χ1v) is 8.84. The number of halogens is 1. The lowest BCUT2D eigenvalue weighted by Crippen LogP contribution is -2.48. The van der Waals surface area contributed by atoms with Crippen molar-refractivity contribution in [3.63, 3.8) is 0 Å². The SMILES string of the molecule is CCOC(=O)c1ccc(N([SH](=O)=O)C2(C)CCC(=O)CC2)c(F)c1. The van der Waals surface area contributed by atoms with E-state index in [0.29, 0.717) is 12.8 Å². The van der Waals surface area contributed by atoms with Crippen molar-refractivity contribution in [2.75, 3.05) is 10.9 Å². The van der Waals surface area contributed by atoms with Crippen LogP contribution in [-0.4, -0.2) is 32.3 Å². The maximum atomic E-state index is 14.5. The number of ketones is 1. The highest BCUT2D eigenvalue weighted by atomic mass is 32.2. The highest BCUT2D eigenvalue weighted by Crippen LogP contribution is 2.37. The van der Waals surface area contributed by atoms with E-state index < -0.39 is 28.2 Å². The van der Waals surface area contributed by atoms with Gasteiger partial charge < -0.3 is 4.74 Å². The molecule has 0 saturated heterocycles. The lowest BCUT2D eigenvalue weighted by atomic mass is 9.82. The molecule has 0 N–H and O–H groups in total. The second-order valence-corrected chi connectivity index (χ2v) is 6.85. The summed E-state index contributed by atoms with van der Waals surface area (Å²) in [5, 5.41) is 0. The molecule has 8 heteroatoms. The third-order valence-electron chi connectivity index (χ3n) is 4.25. The van der Waals surface area contributed by atoms with Crippen molar-refractivity contribution in [3.8, 4) is 0 Å². The predicted octanol–water partition coefficient (Wildman–Crippen LogP) is 2.24. The fourth-order valence-electron chi connectivity index (χ4n) is 2.88. The van der Waals surface area contributed by atoms with Crippen LogP contribution in [0.1, 0.15) is 49.9 Å². The number of hydrogen-bond donors (Lipinski definition) is 1. The van der Waals surface area contributed by atoms with Gasteiger partial charge in [0.2, 0.25) is 10.9 Å². The molecule has 2 rings (SSSR count). The first-order valence-electron chi connectivity index (χ1n) is 7.71. The number of thiol groups is 1. The number of anilines is 1. The monoisotopic (exact) mass is 357 g/mol. The molecule has 1 aromatic rings. The number of carbonyl (C=O) groups is 2. The van der Waals surface area contributed by atoms with Gasteiger partial charge in [-0.05, 0) is 44.9 Å². The molecule has 0 radical (unpaired) electrons. The number of ether oxygens (including phenoxy) is 1. The number of hydrogen-bond acceptors (Lipinski definition) is 5. The third-order valence-corrected chi connectivity index (χ3v) is 5.27. The van der Waals surface area contributed by atoms with Crippen molar-refractivity contribution in [2.45, 2.75) is 45.1 Å². The lowest BCUT2D eigenvalue weighted by molar-refractivity contribution is -0.121. The van der Waals surface area contributed by atoms with Crippen molar-refractivity contribution in [1.82, 2.24) is 0 Å². The van der Waals surface area contributed by atoms with Crippen LogP contribution in [0, 0.1) is 5.82 Å². The molecule has 0 spiro atoms. The fourth-order valence-corrected chi connectivity index (χ4v) is 3.81. The smallest absolute Gasteiger partial charge is 0.338 e. The summed E-state index contributed by atoms with van der Waals surface area (Å²) in [6.07, 6.45) is 1.18. The van der Waals surface area contributed by atoms with Crippen LogP contribution in [-0.2, 0) is 20.4 Å². The molecule has 6 nitrogen and oxygen atoms in total. The Bertz CT molecular complexity index is 713. The first-order chi connectivity index (χ1) is 11.3. The van der Waals surface area contributed by atoms with Gasteiger partial charge in [0, 0.05) is 12.8 Å². The van der Waals surface area contributed by atoms with Crippen molar-refractivity contribution in [2.24, 2.45) is 0 Å². The van der Waals surface area contributed by atoms with Gasteiger partial charge in [0.25, 0.3) is 0 Å². The Labute approximate surface area is 141 Å². The summed E-state index contributed by atoms with van der Waals surface area (Å²) in [5.41, 5.74) is -0.978. The summed E-state index contributed by atoms with van der Waals surface area (Å²) in [6.45, 7) is 3.49. The standard InChI is InChI=1S/C16H20FNO5S/c1-3-23-15(20)11-4-5-14(13(17)10-11)18(24(21)22)16(2)8-6-12(19)7-9-16/h4-5,10,24H,3,6-9H2,1-2H3. The normalized spacial score (nSPS) is 16.9. The van der Waals surface area contributed by atoms with Crippen LogP contribution in [0.2, 0.25) is 0 Å². The van der Waals surface area contributed by atoms with Crippen LogP contribution < -0.4 is 4.31 Å². The molecule has 24 heavy (non-hydrogen) atoms. The number of carbonyl (C=O) groups excluding carboxylic acids is 2. The van der Waals surface area contributed by atoms with E-state index in [1.54, 1.807) is 13.8 Å². The van der Waals surface area contributed by atoms with E-state index in [9.17, 15) is 22.4 Å². The molecule has 0 bridgehead atoms. The second kappa shape index (κ2) is 7.29. The maximum Gasteiger partial charge on any atom is 0.338 e. The van der Waals surface area contributed by atoms with E-state index >= 15 is 0 Å². The Balaban J connectivity index is 2.38. The molecule has 1 saturated carbocycles. The highest BCUT2D eigenvalue weighted by Gasteiger charge is 2.39. The van der Waals surface area contributed by atoms with Crippen LogP contribution in [0.5, 0.6) is 0 Å². The van der Waals surface area contributed by atoms with Crippen LogP contribution in [0.4, 0.5) is 10.1 Å². The van der Waals surface area contributed by atoms with Gasteiger partial charge in [-0.15, -0.1) is 0 Å². The van der Waals surface area contributed by atoms with Gasteiger partial charge >= 0.3 is 5.97 Å². The van der Waals surface area contributed by atoms with E-state index in [0.717, 1.165) is 10.4 Å². The molecule has 0 unspecified atom stereocenters. The average molecular weight is 357 g/mol. The van der Waals surface area contributed by atoms with Crippen molar-refractivity contribution < 1.29 is 27.1 Å². The second-order valence-electron chi connectivity index (χ2n) is 5.97. The van der Waals surface area contributed by atoms with E-state index in [1.807, 2.05) is 0 Å². The summed E-state index contributed by atoms with van der Waals surface area (Å²) in [4.78, 5) is 23.1. The van der Waals surface area contributed by atoms with Crippen LogP contribution >= 0.6 is 0 Å². The zero-order chi connectivity index (χ0) is 17.9. The van der Waals surface area contributed by atoms with Crippen LogP contribution in [0.3, 0.4) is 0 Å². The molecule has 1 aliphatic carbocycles. The van der Waals surface area contributed by atoms with Gasteiger partial charge in [0.1, 0.15) is 11.6 Å². The van der Waals surface area contributed by atoms with Gasteiger partial charge in [-0.1, -0.05) is 0 Å². The Hall–Kier alpha value is -1.96. The molecule has 0 heterocycles. The van der Waals surface area contributed by atoms with E-state index in [2.05, 4.69) is 0 Å². The Morgan fingerprint density at radius 1 is 1.33 bits per heavy atom. The molecule has 0 aliphatic heterocycles. The number of benzene rings is 1. The lowest BCUT2D eigenvalue weighted by Gasteiger charge is -2.41. The van der Waals surface area contributed by atoms with E-state index in [-0.39, 0.29) is 36.5 Å². The maximum absolute atomic E-state index is 14.5. The number of rotatable bonds is 5. The van der Waals surface area contributed by atoms with Gasteiger partial charge in [-0.3, -0.25) is 9.10 Å². The molecule has 0 atom stereocenters. The zero-order valence-electron chi connectivity index (χ0n) is 13.6. The zero-order valence-corrected chi connectivity index (χ0v) is 14.5. The predicted molar refractivity (Wildman–Crippen MR) is 87.0 cm³/mol. The minimum Gasteiger partial charge on any atom is -0.462 e. The van der Waals surface area contributed by atoms with Gasteiger partial charge in [0.15, 0.2) is 0 Å². The summed E-state index contributed by atoms with van der Waals surface area (Å²) in [7, 11) is -3.11. The van der Waals surface area contributed by atoms with Crippen molar-refractivity contribution in [3.05, 3.63) is 29.6 Å². The number of esters is 1. The minimum absolute atomic E-state index is 0.0168. The molecular formula is C16H20FNO5S. The summed E-state index contributed by atoms with van der Waals surface area (Å²) in [5.74, 6) is -1.42. The Morgan fingerprint density at radius 2 is 1.96 bits per heavy atom. The summed E-state index contributed by atoms with van der Waals surface area (Å²) in [6, 6.07) is 3.56. The third kappa shape index (κ3) is 3.75. The van der Waals surface area contributed by atoms with Crippen molar-refractivity contribution >= 4 is 28.3 Å². The van der Waals surface area contributed by atoms with Crippen LogP contribution in [0.25, 0.3) is 0 Å². The largest absolute Gasteiger partial charge is 0.462 e. The molecule has 132 valence electrons. The Kier molecular flexibility index (Phi) is 5.58.